The van der Waals surface area contributed by atoms with Crippen LogP contribution in [0.3, 0.4) is 0 Å². The van der Waals surface area contributed by atoms with Gasteiger partial charge in [0, 0.05) is 17.3 Å². The van der Waals surface area contributed by atoms with E-state index >= 15 is 0 Å². The van der Waals surface area contributed by atoms with Crippen molar-refractivity contribution < 1.29 is 4.79 Å². The van der Waals surface area contributed by atoms with E-state index in [2.05, 4.69) is 42.9 Å². The Hall–Kier alpha value is -2.60. The number of carbonyl (C=O) groups is 1. The lowest BCUT2D eigenvalue weighted by atomic mass is 9.87. The first kappa shape index (κ1) is 18.7. The number of rotatable bonds is 2. The number of anilines is 1. The predicted octanol–water partition coefficient (Wildman–Crippen LogP) is 5.03. The highest BCUT2D eigenvalue weighted by Gasteiger charge is 2.13. The van der Waals surface area contributed by atoms with Crippen LogP contribution < -0.4 is 5.32 Å². The van der Waals surface area contributed by atoms with Gasteiger partial charge in [0.1, 0.15) is 5.69 Å². The van der Waals surface area contributed by atoms with Crippen LogP contribution in [-0.2, 0) is 5.41 Å². The van der Waals surface area contributed by atoms with Gasteiger partial charge >= 0.3 is 0 Å². The summed E-state index contributed by atoms with van der Waals surface area (Å²) in [4.78, 5) is 16.6. The first-order valence-electron chi connectivity index (χ1n) is 8.46. The average Bonchev–Trinajstić information content (AvgIpc) is 2.52. The number of nitrogens with zero attached hydrogens (tertiary/aromatic N) is 1. The van der Waals surface area contributed by atoms with Crippen molar-refractivity contribution >= 4 is 11.6 Å². The fraction of sp³-hybridized carbons (Fsp3) is 0.364. The van der Waals surface area contributed by atoms with Crippen molar-refractivity contribution in [2.45, 2.75) is 47.0 Å². The first-order chi connectivity index (χ1) is 11.5. The third-order valence-corrected chi connectivity index (χ3v) is 3.60. The van der Waals surface area contributed by atoms with Gasteiger partial charge in [0.15, 0.2) is 0 Å². The van der Waals surface area contributed by atoms with Gasteiger partial charge in [-0.2, -0.15) is 0 Å². The molecule has 1 heterocycles. The van der Waals surface area contributed by atoms with Gasteiger partial charge in [0.05, 0.1) is 5.56 Å². The van der Waals surface area contributed by atoms with Crippen LogP contribution in [0.1, 0.15) is 63.2 Å². The van der Waals surface area contributed by atoms with Gasteiger partial charge in [-0.05, 0) is 61.9 Å². The van der Waals surface area contributed by atoms with Gasteiger partial charge in [-0.3, -0.25) is 4.79 Å². The number of carbonyl (C=O) groups excluding carboxylic acids is 1. The van der Waals surface area contributed by atoms with Crippen LogP contribution in [0.5, 0.6) is 0 Å². The molecule has 1 aromatic heterocycles. The normalized spacial score (nSPS) is 11.4. The summed E-state index contributed by atoms with van der Waals surface area (Å²) in [5, 5.41) is 2.90. The van der Waals surface area contributed by atoms with E-state index in [0.29, 0.717) is 11.3 Å². The standard InChI is InChI=1S/C22H26N2O/c1-21(2,3)14-13-18-10-7-16(15-23-18)20(25)24-19-11-8-17(9-12-19)22(4,5)6/h7-12,15H,1-6H3,(H,24,25). The molecule has 0 radical (unpaired) electrons. The second-order valence-corrected chi connectivity index (χ2v) is 8.21. The SMILES string of the molecule is CC(C)(C)C#Cc1ccc(C(=O)Nc2ccc(C(C)(C)C)cc2)cn1. The first-order valence-corrected chi connectivity index (χ1v) is 8.46. The number of benzene rings is 1. The van der Waals surface area contributed by atoms with Crippen LogP contribution in [0.25, 0.3) is 0 Å². The van der Waals surface area contributed by atoms with Crippen molar-refractivity contribution in [3.63, 3.8) is 0 Å². The minimum atomic E-state index is -0.175. The van der Waals surface area contributed by atoms with E-state index in [0.717, 1.165) is 5.69 Å². The molecule has 0 unspecified atom stereocenters. The number of amides is 1. The number of hydrogen-bond acceptors (Lipinski definition) is 2. The molecule has 0 bridgehead atoms. The molecule has 0 aliphatic heterocycles. The van der Waals surface area contributed by atoms with Crippen molar-refractivity contribution in [3.8, 4) is 11.8 Å². The van der Waals surface area contributed by atoms with Gasteiger partial charge in [0.25, 0.3) is 5.91 Å². The molecule has 2 rings (SSSR count). The zero-order valence-electron chi connectivity index (χ0n) is 15.9. The number of pyridine rings is 1. The van der Waals surface area contributed by atoms with Gasteiger partial charge in [-0.25, -0.2) is 4.98 Å². The van der Waals surface area contributed by atoms with E-state index in [1.54, 1.807) is 18.3 Å². The molecular weight excluding hydrogens is 308 g/mol. The zero-order valence-corrected chi connectivity index (χ0v) is 15.9. The molecule has 0 aliphatic carbocycles. The summed E-state index contributed by atoms with van der Waals surface area (Å²) in [5.41, 5.74) is 3.21. The van der Waals surface area contributed by atoms with E-state index in [-0.39, 0.29) is 16.7 Å². The molecule has 130 valence electrons. The van der Waals surface area contributed by atoms with Gasteiger partial charge in [-0.15, -0.1) is 0 Å². The Morgan fingerprint density at radius 2 is 1.60 bits per heavy atom. The molecule has 2 aromatic rings. The Labute approximate surface area is 150 Å². The molecule has 25 heavy (non-hydrogen) atoms. The van der Waals surface area contributed by atoms with Crippen LogP contribution in [0, 0.1) is 17.3 Å². The second-order valence-electron chi connectivity index (χ2n) is 8.21. The topological polar surface area (TPSA) is 42.0 Å². The minimum absolute atomic E-state index is 0.0725. The summed E-state index contributed by atoms with van der Waals surface area (Å²) >= 11 is 0. The van der Waals surface area contributed by atoms with Crippen molar-refractivity contribution in [3.05, 3.63) is 59.4 Å². The van der Waals surface area contributed by atoms with Crippen LogP contribution >= 0.6 is 0 Å². The van der Waals surface area contributed by atoms with E-state index in [4.69, 9.17) is 0 Å². The van der Waals surface area contributed by atoms with E-state index in [9.17, 15) is 4.79 Å². The Kier molecular flexibility index (Phi) is 5.33. The molecule has 0 atom stereocenters. The lowest BCUT2D eigenvalue weighted by Gasteiger charge is -2.19. The molecule has 0 fully saturated rings. The van der Waals surface area contributed by atoms with Crippen molar-refractivity contribution in [1.82, 2.24) is 4.98 Å². The van der Waals surface area contributed by atoms with Gasteiger partial charge < -0.3 is 5.32 Å². The highest BCUT2D eigenvalue weighted by Crippen LogP contribution is 2.23. The highest BCUT2D eigenvalue weighted by molar-refractivity contribution is 6.04. The number of nitrogens with one attached hydrogen (secondary N) is 1. The monoisotopic (exact) mass is 334 g/mol. The van der Waals surface area contributed by atoms with E-state index in [1.807, 2.05) is 45.0 Å². The van der Waals surface area contributed by atoms with Gasteiger partial charge in [0.2, 0.25) is 0 Å². The number of aromatic nitrogens is 1. The zero-order chi connectivity index (χ0) is 18.7. The molecule has 0 saturated carbocycles. The fourth-order valence-corrected chi connectivity index (χ4v) is 2.11. The van der Waals surface area contributed by atoms with Crippen LogP contribution in [0.15, 0.2) is 42.6 Å². The average molecular weight is 334 g/mol. The second kappa shape index (κ2) is 7.11. The lowest BCUT2D eigenvalue weighted by Crippen LogP contribution is -2.14. The summed E-state index contributed by atoms with van der Waals surface area (Å²) in [7, 11) is 0. The maximum Gasteiger partial charge on any atom is 0.257 e. The van der Waals surface area contributed by atoms with Crippen LogP contribution in [0.4, 0.5) is 5.69 Å². The summed E-state index contributed by atoms with van der Waals surface area (Å²) in [6.07, 6.45) is 1.56. The molecule has 0 aliphatic rings. The minimum Gasteiger partial charge on any atom is -0.322 e. The summed E-state index contributed by atoms with van der Waals surface area (Å²) < 4.78 is 0. The van der Waals surface area contributed by atoms with Crippen molar-refractivity contribution in [2.24, 2.45) is 5.41 Å². The predicted molar refractivity (Wildman–Crippen MR) is 104 cm³/mol. The maximum absolute atomic E-state index is 12.3. The quantitative estimate of drug-likeness (QED) is 0.783. The van der Waals surface area contributed by atoms with Crippen molar-refractivity contribution in [2.75, 3.05) is 5.32 Å². The summed E-state index contributed by atoms with van der Waals surface area (Å²) in [6, 6.07) is 11.5. The van der Waals surface area contributed by atoms with E-state index < -0.39 is 0 Å². The molecule has 0 saturated heterocycles. The number of hydrogen-bond donors (Lipinski definition) is 1. The molecule has 3 nitrogen and oxygen atoms in total. The Bertz CT molecular complexity index is 793. The van der Waals surface area contributed by atoms with Crippen LogP contribution in [0.2, 0.25) is 0 Å². The fourth-order valence-electron chi connectivity index (χ4n) is 2.11. The highest BCUT2D eigenvalue weighted by atomic mass is 16.1. The Morgan fingerprint density at radius 3 is 2.08 bits per heavy atom. The molecule has 1 N–H and O–H groups in total. The molecular formula is C22H26N2O. The van der Waals surface area contributed by atoms with Gasteiger partial charge in [-0.1, -0.05) is 38.8 Å². The molecule has 1 amide bonds. The van der Waals surface area contributed by atoms with Crippen LogP contribution in [-0.4, -0.2) is 10.9 Å². The Balaban J connectivity index is 2.07. The molecule has 0 spiro atoms. The van der Waals surface area contributed by atoms with Crippen molar-refractivity contribution in [1.29, 1.82) is 0 Å². The third-order valence-electron chi connectivity index (χ3n) is 3.60. The smallest absolute Gasteiger partial charge is 0.257 e. The lowest BCUT2D eigenvalue weighted by molar-refractivity contribution is 0.102. The largest absolute Gasteiger partial charge is 0.322 e. The maximum atomic E-state index is 12.3. The summed E-state index contributed by atoms with van der Waals surface area (Å²) in [6.45, 7) is 12.6. The summed E-state index contributed by atoms with van der Waals surface area (Å²) in [5.74, 6) is 5.98. The Morgan fingerprint density at radius 1 is 0.960 bits per heavy atom. The molecule has 1 aromatic carbocycles. The third kappa shape index (κ3) is 5.76. The van der Waals surface area contributed by atoms with E-state index in [1.165, 1.54) is 5.56 Å². The molecule has 3 heteroatoms.